The molecule has 0 aliphatic carbocycles. The lowest BCUT2D eigenvalue weighted by Crippen LogP contribution is -2.29. The summed E-state index contributed by atoms with van der Waals surface area (Å²) in [5.74, 6) is 1.80. The van der Waals surface area contributed by atoms with Crippen molar-refractivity contribution in [2.75, 3.05) is 30.4 Å². The maximum Gasteiger partial charge on any atom is 0.291 e. The highest BCUT2D eigenvalue weighted by molar-refractivity contribution is 6.02. The van der Waals surface area contributed by atoms with Crippen LogP contribution in [0.25, 0.3) is 0 Å². The first-order chi connectivity index (χ1) is 14.7. The van der Waals surface area contributed by atoms with E-state index in [1.807, 2.05) is 42.5 Å². The van der Waals surface area contributed by atoms with Crippen molar-refractivity contribution in [1.82, 2.24) is 0 Å². The topological polar surface area (TPSA) is 63.9 Å². The van der Waals surface area contributed by atoms with Crippen LogP contribution in [0.15, 0.2) is 65.1 Å². The molecule has 1 N–H and O–H groups in total. The van der Waals surface area contributed by atoms with Crippen molar-refractivity contribution in [3.8, 4) is 11.5 Å². The summed E-state index contributed by atoms with van der Waals surface area (Å²) in [6.07, 6.45) is 3.71. The van der Waals surface area contributed by atoms with Crippen LogP contribution in [0.1, 0.15) is 35.6 Å². The van der Waals surface area contributed by atoms with Crippen LogP contribution in [-0.4, -0.2) is 26.1 Å². The van der Waals surface area contributed by atoms with Gasteiger partial charge >= 0.3 is 0 Å². The lowest BCUT2D eigenvalue weighted by Gasteiger charge is -2.29. The molecular weight excluding hydrogens is 380 g/mol. The number of para-hydroxylation sites is 2. The number of hydrogen-bond acceptors (Lipinski definition) is 5. The molecule has 0 spiro atoms. The average Bonchev–Trinajstić information content (AvgIpc) is 3.28. The highest BCUT2D eigenvalue weighted by atomic mass is 16.5. The molecule has 2 aromatic carbocycles. The number of nitrogens with zero attached hydrogens (tertiary/aromatic N) is 1. The Kier molecular flexibility index (Phi) is 6.23. The number of furan rings is 1. The molecule has 156 valence electrons. The summed E-state index contributed by atoms with van der Waals surface area (Å²) in [5.41, 5.74) is 1.89. The Morgan fingerprint density at radius 3 is 2.60 bits per heavy atom. The van der Waals surface area contributed by atoms with E-state index in [4.69, 9.17) is 13.9 Å². The highest BCUT2D eigenvalue weighted by Gasteiger charge is 2.15. The summed E-state index contributed by atoms with van der Waals surface area (Å²) in [5, 5.41) is 2.92. The van der Waals surface area contributed by atoms with Gasteiger partial charge in [-0.2, -0.15) is 0 Å². The molecule has 1 saturated heterocycles. The van der Waals surface area contributed by atoms with Crippen molar-refractivity contribution in [2.24, 2.45) is 0 Å². The van der Waals surface area contributed by atoms with E-state index < -0.39 is 0 Å². The Hall–Kier alpha value is -3.41. The Balaban J connectivity index is 1.37. The number of benzene rings is 2. The molecule has 30 heavy (non-hydrogen) atoms. The van der Waals surface area contributed by atoms with Crippen LogP contribution >= 0.6 is 0 Å². The van der Waals surface area contributed by atoms with Crippen LogP contribution in [-0.2, 0) is 6.61 Å². The second-order valence-corrected chi connectivity index (χ2v) is 7.26. The number of nitrogens with one attached hydrogen (secondary N) is 1. The minimum atomic E-state index is -0.283. The van der Waals surface area contributed by atoms with Crippen LogP contribution in [0.4, 0.5) is 11.4 Å². The molecule has 1 amide bonds. The fraction of sp³-hybridized carbons (Fsp3) is 0.292. The molecular formula is C24H26N2O4. The fourth-order valence-corrected chi connectivity index (χ4v) is 3.59. The van der Waals surface area contributed by atoms with Gasteiger partial charge in [0.15, 0.2) is 17.3 Å². The average molecular weight is 406 g/mol. The number of carbonyl (C=O) groups excluding carboxylic acids is 1. The third kappa shape index (κ3) is 4.76. The number of piperidine rings is 1. The van der Waals surface area contributed by atoms with Gasteiger partial charge in [-0.3, -0.25) is 4.79 Å². The molecule has 6 nitrogen and oxygen atoms in total. The summed E-state index contributed by atoms with van der Waals surface area (Å²) in [6, 6.07) is 18.8. The highest BCUT2D eigenvalue weighted by Crippen LogP contribution is 2.27. The third-order valence-corrected chi connectivity index (χ3v) is 5.15. The van der Waals surface area contributed by atoms with Crippen LogP contribution < -0.4 is 19.7 Å². The Labute approximate surface area is 176 Å². The lowest BCUT2D eigenvalue weighted by atomic mass is 10.1. The van der Waals surface area contributed by atoms with E-state index in [1.54, 1.807) is 19.2 Å². The first-order valence-corrected chi connectivity index (χ1v) is 10.2. The summed E-state index contributed by atoms with van der Waals surface area (Å²) in [4.78, 5) is 15.0. The number of hydrogen-bond donors (Lipinski definition) is 1. The van der Waals surface area contributed by atoms with Gasteiger partial charge < -0.3 is 24.1 Å². The molecule has 2 heterocycles. The normalized spacial score (nSPS) is 13.7. The summed E-state index contributed by atoms with van der Waals surface area (Å²) in [6.45, 7) is 2.33. The lowest BCUT2D eigenvalue weighted by molar-refractivity contribution is 0.0992. The molecule has 1 aliphatic rings. The number of carbonyl (C=O) groups is 1. The smallest absolute Gasteiger partial charge is 0.291 e. The quantitative estimate of drug-likeness (QED) is 0.591. The number of amides is 1. The third-order valence-electron chi connectivity index (χ3n) is 5.15. The zero-order valence-electron chi connectivity index (χ0n) is 17.1. The summed E-state index contributed by atoms with van der Waals surface area (Å²) >= 11 is 0. The first-order valence-electron chi connectivity index (χ1n) is 10.2. The van der Waals surface area contributed by atoms with Gasteiger partial charge in [0, 0.05) is 24.5 Å². The molecule has 0 radical (unpaired) electrons. The first kappa shape index (κ1) is 19.9. The van der Waals surface area contributed by atoms with E-state index in [-0.39, 0.29) is 18.3 Å². The fourth-order valence-electron chi connectivity index (χ4n) is 3.59. The van der Waals surface area contributed by atoms with Gasteiger partial charge in [0.2, 0.25) is 0 Å². The summed E-state index contributed by atoms with van der Waals surface area (Å²) in [7, 11) is 1.60. The molecule has 4 rings (SSSR count). The van der Waals surface area contributed by atoms with Crippen molar-refractivity contribution in [1.29, 1.82) is 0 Å². The second kappa shape index (κ2) is 9.39. The SMILES string of the molecule is COc1ccccc1OCc1ccc(C(=O)Nc2cccc(N3CCCCC3)c2)o1. The monoisotopic (exact) mass is 406 g/mol. The van der Waals surface area contributed by atoms with Crippen molar-refractivity contribution >= 4 is 17.3 Å². The van der Waals surface area contributed by atoms with Crippen LogP contribution in [0.3, 0.4) is 0 Å². The minimum Gasteiger partial charge on any atom is -0.493 e. The van der Waals surface area contributed by atoms with Gasteiger partial charge in [0.25, 0.3) is 5.91 Å². The molecule has 1 aromatic heterocycles. The predicted molar refractivity (Wildman–Crippen MR) is 116 cm³/mol. The van der Waals surface area contributed by atoms with E-state index in [1.165, 1.54) is 19.3 Å². The maximum absolute atomic E-state index is 12.6. The largest absolute Gasteiger partial charge is 0.493 e. The molecule has 0 saturated carbocycles. The van der Waals surface area contributed by atoms with E-state index in [0.29, 0.717) is 17.3 Å². The van der Waals surface area contributed by atoms with Crippen LogP contribution in [0, 0.1) is 0 Å². The van der Waals surface area contributed by atoms with Crippen LogP contribution in [0.5, 0.6) is 11.5 Å². The zero-order valence-corrected chi connectivity index (χ0v) is 17.1. The molecule has 6 heteroatoms. The van der Waals surface area contributed by atoms with E-state index in [9.17, 15) is 4.79 Å². The predicted octanol–water partition coefficient (Wildman–Crippen LogP) is 5.11. The number of methoxy groups -OCH3 is 1. The van der Waals surface area contributed by atoms with Crippen molar-refractivity contribution < 1.29 is 18.7 Å². The standard InChI is InChI=1S/C24H26N2O4/c1-28-21-10-3-4-11-22(21)29-17-20-12-13-23(30-20)24(27)25-18-8-7-9-19(16-18)26-14-5-2-6-15-26/h3-4,7-13,16H,2,5-6,14-15,17H2,1H3,(H,25,27). The van der Waals surface area contributed by atoms with E-state index in [0.717, 1.165) is 24.5 Å². The van der Waals surface area contributed by atoms with Gasteiger partial charge in [-0.15, -0.1) is 0 Å². The van der Waals surface area contributed by atoms with Gasteiger partial charge in [-0.25, -0.2) is 0 Å². The number of ether oxygens (including phenoxy) is 2. The second-order valence-electron chi connectivity index (χ2n) is 7.26. The summed E-state index contributed by atoms with van der Waals surface area (Å²) < 4.78 is 16.7. The molecule has 0 atom stereocenters. The van der Waals surface area contributed by atoms with Crippen molar-refractivity contribution in [2.45, 2.75) is 25.9 Å². The van der Waals surface area contributed by atoms with E-state index in [2.05, 4.69) is 16.3 Å². The van der Waals surface area contributed by atoms with Gasteiger partial charge in [-0.05, 0) is 61.7 Å². The molecule has 1 aliphatic heterocycles. The molecule has 3 aromatic rings. The van der Waals surface area contributed by atoms with E-state index >= 15 is 0 Å². The van der Waals surface area contributed by atoms with Gasteiger partial charge in [0.05, 0.1) is 7.11 Å². The zero-order chi connectivity index (χ0) is 20.8. The Morgan fingerprint density at radius 1 is 1.00 bits per heavy atom. The van der Waals surface area contributed by atoms with Gasteiger partial charge in [0.1, 0.15) is 12.4 Å². The number of rotatable bonds is 7. The minimum absolute atomic E-state index is 0.206. The molecule has 0 bridgehead atoms. The van der Waals surface area contributed by atoms with Crippen LogP contribution in [0.2, 0.25) is 0 Å². The Bertz CT molecular complexity index is 992. The van der Waals surface area contributed by atoms with Gasteiger partial charge in [-0.1, -0.05) is 18.2 Å². The van der Waals surface area contributed by atoms with Crippen molar-refractivity contribution in [3.05, 3.63) is 72.2 Å². The molecule has 0 unspecified atom stereocenters. The number of anilines is 2. The van der Waals surface area contributed by atoms with Crippen molar-refractivity contribution in [3.63, 3.8) is 0 Å². The molecule has 1 fully saturated rings. The Morgan fingerprint density at radius 2 is 1.80 bits per heavy atom. The maximum atomic E-state index is 12.6.